The summed E-state index contributed by atoms with van der Waals surface area (Å²) < 4.78 is 40.2. The topological polar surface area (TPSA) is 152 Å². The highest BCUT2D eigenvalue weighted by atomic mass is 19.4. The lowest BCUT2D eigenvalue weighted by Gasteiger charge is -2.09. The van der Waals surface area contributed by atoms with Gasteiger partial charge in [0.1, 0.15) is 23.1 Å². The number of amides is 1. The number of halogens is 3. The van der Waals surface area contributed by atoms with Crippen LogP contribution in [-0.2, 0) is 26.3 Å². The second-order valence-electron chi connectivity index (χ2n) is 7.91. The smallest absolute Gasteiger partial charge is 0.364 e. The molecule has 5 aromatic rings. The number of H-pyrrole nitrogens is 1. The van der Waals surface area contributed by atoms with Gasteiger partial charge in [0, 0.05) is 31.9 Å². The number of aryl methyl sites for hydroxylation is 1. The van der Waals surface area contributed by atoms with Gasteiger partial charge in [0.2, 0.25) is 5.82 Å². The molecule has 0 aliphatic carbocycles. The monoisotopic (exact) mass is 509 g/mol. The third-order valence-corrected chi connectivity index (χ3v) is 5.42. The number of carbonyl (C=O) groups is 1. The summed E-state index contributed by atoms with van der Waals surface area (Å²) in [6, 6.07) is 9.83. The van der Waals surface area contributed by atoms with E-state index in [1.54, 1.807) is 11.7 Å². The normalized spacial score (nSPS) is 11.6. The summed E-state index contributed by atoms with van der Waals surface area (Å²) in [7, 11) is 1.70. The number of tetrazole rings is 1. The van der Waals surface area contributed by atoms with E-state index in [2.05, 4.69) is 51.3 Å². The van der Waals surface area contributed by atoms with Crippen LogP contribution in [0.25, 0.3) is 22.4 Å². The Morgan fingerprint density at radius 1 is 1.03 bits per heavy atom. The Labute approximate surface area is 206 Å². The van der Waals surface area contributed by atoms with E-state index in [9.17, 15) is 18.0 Å². The molecule has 1 aromatic carbocycles. The fourth-order valence-electron chi connectivity index (χ4n) is 3.61. The molecule has 0 unspecified atom stereocenters. The molecule has 4 aromatic heterocycles. The average molecular weight is 509 g/mol. The number of fused-ring (bicyclic) bond motifs is 1. The van der Waals surface area contributed by atoms with Crippen molar-refractivity contribution in [3.8, 4) is 11.4 Å². The number of aromatic amines is 1. The Morgan fingerprint density at radius 2 is 1.84 bits per heavy atom. The fourth-order valence-corrected chi connectivity index (χ4v) is 3.61. The third-order valence-electron chi connectivity index (χ3n) is 5.42. The fraction of sp³-hybridized carbons (Fsp3) is 0.182. The van der Waals surface area contributed by atoms with E-state index in [0.717, 1.165) is 23.4 Å². The van der Waals surface area contributed by atoms with Gasteiger partial charge in [0.15, 0.2) is 11.5 Å². The zero-order chi connectivity index (χ0) is 26.0. The van der Waals surface area contributed by atoms with E-state index in [4.69, 9.17) is 0 Å². The molecule has 3 N–H and O–H groups in total. The van der Waals surface area contributed by atoms with E-state index in [1.165, 1.54) is 12.4 Å². The van der Waals surface area contributed by atoms with E-state index >= 15 is 0 Å². The SMILES string of the molecule is Cn1nc2c(C(=O)NCc3ccnc(C(F)(F)F)c3)ncnc2c1NCc1ccc(-c2nn[nH]n2)cc1. The summed E-state index contributed by atoms with van der Waals surface area (Å²) in [4.78, 5) is 24.4. The predicted molar refractivity (Wildman–Crippen MR) is 124 cm³/mol. The van der Waals surface area contributed by atoms with Gasteiger partial charge in [-0.25, -0.2) is 9.97 Å². The molecule has 0 saturated carbocycles. The van der Waals surface area contributed by atoms with Gasteiger partial charge in [-0.05, 0) is 28.5 Å². The number of aromatic nitrogens is 9. The van der Waals surface area contributed by atoms with Crippen LogP contribution < -0.4 is 10.6 Å². The second-order valence-corrected chi connectivity index (χ2v) is 7.91. The Kier molecular flexibility index (Phi) is 6.17. The first kappa shape index (κ1) is 23.8. The minimum absolute atomic E-state index is 0.00298. The summed E-state index contributed by atoms with van der Waals surface area (Å²) in [5, 5.41) is 24.1. The summed E-state index contributed by atoms with van der Waals surface area (Å²) >= 11 is 0. The van der Waals surface area contributed by atoms with Crippen LogP contribution in [0.3, 0.4) is 0 Å². The number of alkyl halides is 3. The zero-order valence-corrected chi connectivity index (χ0v) is 19.2. The minimum atomic E-state index is -4.58. The Bertz CT molecular complexity index is 1550. The van der Waals surface area contributed by atoms with Gasteiger partial charge in [-0.2, -0.15) is 23.5 Å². The van der Waals surface area contributed by atoms with Crippen LogP contribution in [0.15, 0.2) is 48.9 Å². The number of anilines is 1. The number of nitrogens with one attached hydrogen (secondary N) is 3. The van der Waals surface area contributed by atoms with Gasteiger partial charge in [0.05, 0.1) is 0 Å². The molecular formula is C22H18F3N11O. The van der Waals surface area contributed by atoms with Crippen LogP contribution in [-0.4, -0.2) is 51.3 Å². The van der Waals surface area contributed by atoms with Crippen molar-refractivity contribution in [3.63, 3.8) is 0 Å². The third kappa shape index (κ3) is 5.05. The quantitative estimate of drug-likeness (QED) is 0.300. The second kappa shape index (κ2) is 9.60. The van der Waals surface area contributed by atoms with E-state index in [1.807, 2.05) is 24.3 Å². The number of carbonyl (C=O) groups excluding carboxylic acids is 1. The van der Waals surface area contributed by atoms with Crippen molar-refractivity contribution in [1.29, 1.82) is 0 Å². The van der Waals surface area contributed by atoms with E-state index < -0.39 is 17.8 Å². The number of pyridine rings is 1. The highest BCUT2D eigenvalue weighted by Gasteiger charge is 2.32. The van der Waals surface area contributed by atoms with Crippen LogP contribution in [0.5, 0.6) is 0 Å². The molecule has 188 valence electrons. The Morgan fingerprint density at radius 3 is 2.57 bits per heavy atom. The van der Waals surface area contributed by atoms with Crippen molar-refractivity contribution in [1.82, 2.24) is 50.7 Å². The maximum atomic E-state index is 12.9. The van der Waals surface area contributed by atoms with E-state index in [0.29, 0.717) is 23.7 Å². The average Bonchev–Trinajstić information content (AvgIpc) is 3.54. The van der Waals surface area contributed by atoms with Gasteiger partial charge in [-0.1, -0.05) is 24.3 Å². The first-order valence-electron chi connectivity index (χ1n) is 10.8. The minimum Gasteiger partial charge on any atom is -0.364 e. The molecule has 4 heterocycles. The molecule has 0 spiro atoms. The van der Waals surface area contributed by atoms with Gasteiger partial charge in [0.25, 0.3) is 5.91 Å². The molecule has 1 amide bonds. The van der Waals surface area contributed by atoms with Gasteiger partial charge < -0.3 is 10.6 Å². The van der Waals surface area contributed by atoms with Gasteiger partial charge >= 0.3 is 6.18 Å². The van der Waals surface area contributed by atoms with Crippen LogP contribution in [0, 0.1) is 0 Å². The van der Waals surface area contributed by atoms with Crippen LogP contribution in [0.2, 0.25) is 0 Å². The molecule has 0 aliphatic heterocycles. The van der Waals surface area contributed by atoms with E-state index in [-0.39, 0.29) is 23.3 Å². The molecule has 0 aliphatic rings. The molecule has 0 bridgehead atoms. The van der Waals surface area contributed by atoms with Crippen molar-refractivity contribution >= 4 is 22.8 Å². The van der Waals surface area contributed by atoms with Crippen molar-refractivity contribution in [2.24, 2.45) is 7.05 Å². The Hall–Kier alpha value is -4.95. The van der Waals surface area contributed by atoms with Crippen molar-refractivity contribution < 1.29 is 18.0 Å². The summed E-state index contributed by atoms with van der Waals surface area (Å²) in [5.41, 5.74) is 1.67. The van der Waals surface area contributed by atoms with Crippen molar-refractivity contribution in [2.75, 3.05) is 5.32 Å². The molecular weight excluding hydrogens is 491 g/mol. The molecule has 37 heavy (non-hydrogen) atoms. The molecule has 15 heteroatoms. The molecule has 0 saturated heterocycles. The lowest BCUT2D eigenvalue weighted by Crippen LogP contribution is -2.24. The number of benzene rings is 1. The highest BCUT2D eigenvalue weighted by molar-refractivity contribution is 6.04. The molecule has 0 fully saturated rings. The van der Waals surface area contributed by atoms with Crippen LogP contribution in [0.1, 0.15) is 27.3 Å². The van der Waals surface area contributed by atoms with Crippen LogP contribution in [0.4, 0.5) is 19.0 Å². The standard InChI is InChI=1S/C22H18F3N11O/c1-36-20(27-9-12-2-4-14(5-3-12)19-31-34-35-32-19)17-16(33-36)18(30-11-29-17)21(37)28-10-13-6-7-26-15(8-13)22(23,24)25/h2-8,11,27H,9-10H2,1H3,(H,28,37)(H,31,32,34,35). The Balaban J connectivity index is 1.30. The number of nitrogens with zero attached hydrogens (tertiary/aromatic N) is 8. The lowest BCUT2D eigenvalue weighted by molar-refractivity contribution is -0.141. The highest BCUT2D eigenvalue weighted by Crippen LogP contribution is 2.28. The largest absolute Gasteiger partial charge is 0.433 e. The molecule has 12 nitrogen and oxygen atoms in total. The zero-order valence-electron chi connectivity index (χ0n) is 19.2. The first-order valence-corrected chi connectivity index (χ1v) is 10.8. The predicted octanol–water partition coefficient (Wildman–Crippen LogP) is 2.50. The number of hydrogen-bond donors (Lipinski definition) is 3. The lowest BCUT2D eigenvalue weighted by atomic mass is 10.1. The molecule has 0 radical (unpaired) electrons. The van der Waals surface area contributed by atoms with Gasteiger partial charge in [-0.15, -0.1) is 10.2 Å². The number of rotatable bonds is 7. The molecule has 5 rings (SSSR count). The number of hydrogen-bond acceptors (Lipinski definition) is 9. The summed E-state index contributed by atoms with van der Waals surface area (Å²) in [6.07, 6.45) is -2.30. The van der Waals surface area contributed by atoms with Crippen molar-refractivity contribution in [3.05, 3.63) is 71.4 Å². The van der Waals surface area contributed by atoms with Crippen LogP contribution >= 0.6 is 0 Å². The maximum absolute atomic E-state index is 12.9. The molecule has 0 atom stereocenters. The first-order chi connectivity index (χ1) is 17.8. The summed E-state index contributed by atoms with van der Waals surface area (Å²) in [5.74, 6) is 0.460. The van der Waals surface area contributed by atoms with Crippen molar-refractivity contribution in [2.45, 2.75) is 19.3 Å². The maximum Gasteiger partial charge on any atom is 0.433 e. The summed E-state index contributed by atoms with van der Waals surface area (Å²) in [6.45, 7) is 0.296. The van der Waals surface area contributed by atoms with Gasteiger partial charge in [-0.3, -0.25) is 14.5 Å².